The first-order valence-corrected chi connectivity index (χ1v) is 11.1. The average Bonchev–Trinajstić information content (AvgIpc) is 2.76. The van der Waals surface area contributed by atoms with Gasteiger partial charge in [-0.05, 0) is 54.2 Å². The van der Waals surface area contributed by atoms with Gasteiger partial charge in [-0.25, -0.2) is 0 Å². The molecular weight excluding hydrogens is 394 g/mol. The Morgan fingerprint density at radius 2 is 1.97 bits per heavy atom. The molecule has 0 amide bonds. The number of ether oxygens (including phenoxy) is 4. The molecule has 0 radical (unpaired) electrons. The maximum Gasteiger partial charge on any atom is 0.203 e. The first kappa shape index (κ1) is 21.8. The number of likely N-dealkylation sites (tertiary alicyclic amines) is 1. The van der Waals surface area contributed by atoms with Crippen LogP contribution in [0.4, 0.5) is 0 Å². The van der Waals surface area contributed by atoms with Crippen LogP contribution in [-0.2, 0) is 6.54 Å². The van der Waals surface area contributed by atoms with E-state index >= 15 is 0 Å². The Balaban J connectivity index is 1.42. The summed E-state index contributed by atoms with van der Waals surface area (Å²) in [6.07, 6.45) is -0.0912. The molecule has 2 atom stereocenters. The van der Waals surface area contributed by atoms with E-state index in [2.05, 4.69) is 37.8 Å². The van der Waals surface area contributed by atoms with E-state index in [0.717, 1.165) is 25.3 Å². The second kappa shape index (κ2) is 9.37. The topological polar surface area (TPSA) is 60.4 Å². The highest BCUT2D eigenvalue weighted by molar-refractivity contribution is 5.52. The molecule has 2 aromatic carbocycles. The van der Waals surface area contributed by atoms with Crippen LogP contribution in [0.15, 0.2) is 30.3 Å². The summed E-state index contributed by atoms with van der Waals surface area (Å²) in [5.74, 6) is 3.31. The van der Waals surface area contributed by atoms with Gasteiger partial charge in [-0.1, -0.05) is 26.0 Å². The van der Waals surface area contributed by atoms with Crippen molar-refractivity contribution in [3.05, 3.63) is 47.0 Å². The fraction of sp³-hybridized carbons (Fsp3) is 0.520. The van der Waals surface area contributed by atoms with Crippen LogP contribution in [0.5, 0.6) is 23.0 Å². The van der Waals surface area contributed by atoms with Gasteiger partial charge >= 0.3 is 0 Å². The van der Waals surface area contributed by atoms with Crippen molar-refractivity contribution in [1.82, 2.24) is 4.90 Å². The average molecular weight is 428 g/mol. The summed E-state index contributed by atoms with van der Waals surface area (Å²) in [7, 11) is 1.72. The van der Waals surface area contributed by atoms with E-state index in [1.165, 1.54) is 16.7 Å². The van der Waals surface area contributed by atoms with E-state index in [9.17, 15) is 5.11 Å². The lowest BCUT2D eigenvalue weighted by Gasteiger charge is -2.36. The minimum absolute atomic E-state index is 0.267. The van der Waals surface area contributed by atoms with Gasteiger partial charge in [0, 0.05) is 19.6 Å². The number of aryl methyl sites for hydroxylation is 1. The third-order valence-corrected chi connectivity index (χ3v) is 6.12. The minimum atomic E-state index is -0.572. The van der Waals surface area contributed by atoms with Gasteiger partial charge in [-0.3, -0.25) is 4.90 Å². The van der Waals surface area contributed by atoms with Gasteiger partial charge < -0.3 is 24.1 Å². The molecule has 0 spiro atoms. The maximum atomic E-state index is 10.8. The van der Waals surface area contributed by atoms with Crippen LogP contribution in [0.2, 0.25) is 0 Å². The summed E-state index contributed by atoms with van der Waals surface area (Å²) in [6.45, 7) is 9.76. The molecule has 0 bridgehead atoms. The lowest BCUT2D eigenvalue weighted by Crippen LogP contribution is -2.48. The van der Waals surface area contributed by atoms with Crippen molar-refractivity contribution in [3.63, 3.8) is 0 Å². The van der Waals surface area contributed by atoms with Crippen molar-refractivity contribution in [3.8, 4) is 23.0 Å². The second-order valence-electron chi connectivity index (χ2n) is 8.70. The third kappa shape index (κ3) is 4.75. The van der Waals surface area contributed by atoms with Crippen LogP contribution in [0.3, 0.4) is 0 Å². The number of β-amino-alcohol motifs (C(OH)–C–C–N with tert-alkyl or cyclic N) is 1. The van der Waals surface area contributed by atoms with Gasteiger partial charge in [0.25, 0.3) is 0 Å². The molecular formula is C25H33NO5. The SMILES string of the molecule is COc1cc(C)c(CN2CC[C@@H](Oc3cccc4c3OCCO4)[C@H](O)C2)cc1C(C)C. The summed E-state index contributed by atoms with van der Waals surface area (Å²) in [5.41, 5.74) is 3.71. The van der Waals surface area contributed by atoms with Crippen molar-refractivity contribution < 1.29 is 24.1 Å². The highest BCUT2D eigenvalue weighted by atomic mass is 16.6. The first-order chi connectivity index (χ1) is 15.0. The highest BCUT2D eigenvalue weighted by Gasteiger charge is 2.31. The number of aliphatic hydroxyl groups excluding tert-OH is 1. The van der Waals surface area contributed by atoms with Crippen molar-refractivity contribution in [2.24, 2.45) is 0 Å². The zero-order valence-electron chi connectivity index (χ0n) is 18.9. The molecule has 2 heterocycles. The fourth-order valence-electron chi connectivity index (χ4n) is 4.34. The number of methoxy groups -OCH3 is 1. The zero-order chi connectivity index (χ0) is 22.0. The minimum Gasteiger partial charge on any atom is -0.496 e. The number of para-hydroxylation sites is 1. The van der Waals surface area contributed by atoms with Crippen LogP contribution in [0.1, 0.15) is 42.9 Å². The molecule has 0 aliphatic carbocycles. The summed E-state index contributed by atoms with van der Waals surface area (Å²) in [4.78, 5) is 2.30. The number of hydrogen-bond acceptors (Lipinski definition) is 6. The molecule has 1 fully saturated rings. The summed E-state index contributed by atoms with van der Waals surface area (Å²) in [6, 6.07) is 10.0. The van der Waals surface area contributed by atoms with Gasteiger partial charge in [0.1, 0.15) is 31.2 Å². The molecule has 0 saturated carbocycles. The molecule has 2 aliphatic rings. The Morgan fingerprint density at radius 3 is 2.71 bits per heavy atom. The van der Waals surface area contributed by atoms with Crippen molar-refractivity contribution in [2.75, 3.05) is 33.4 Å². The van der Waals surface area contributed by atoms with Gasteiger partial charge in [-0.2, -0.15) is 0 Å². The second-order valence-corrected chi connectivity index (χ2v) is 8.70. The molecule has 1 saturated heterocycles. The number of hydrogen-bond donors (Lipinski definition) is 1. The van der Waals surface area contributed by atoms with E-state index in [1.807, 2.05) is 18.2 Å². The van der Waals surface area contributed by atoms with Gasteiger partial charge in [0.15, 0.2) is 11.5 Å². The van der Waals surface area contributed by atoms with Crippen molar-refractivity contribution in [1.29, 1.82) is 0 Å². The maximum absolute atomic E-state index is 10.8. The van der Waals surface area contributed by atoms with Gasteiger partial charge in [-0.15, -0.1) is 0 Å². The molecule has 2 aliphatic heterocycles. The van der Waals surface area contributed by atoms with Crippen LogP contribution < -0.4 is 18.9 Å². The molecule has 2 aromatic rings. The fourth-order valence-corrected chi connectivity index (χ4v) is 4.34. The van der Waals surface area contributed by atoms with Crippen LogP contribution in [0, 0.1) is 6.92 Å². The normalized spacial score (nSPS) is 21.2. The number of aliphatic hydroxyl groups is 1. The summed E-state index contributed by atoms with van der Waals surface area (Å²) < 4.78 is 23.1. The number of nitrogens with zero attached hydrogens (tertiary/aromatic N) is 1. The number of piperidine rings is 1. The van der Waals surface area contributed by atoms with Crippen molar-refractivity contribution >= 4 is 0 Å². The molecule has 4 rings (SSSR count). The molecule has 1 N–H and O–H groups in total. The molecule has 0 aromatic heterocycles. The molecule has 6 heteroatoms. The molecule has 0 unspecified atom stereocenters. The summed E-state index contributed by atoms with van der Waals surface area (Å²) in [5, 5.41) is 10.8. The lowest BCUT2D eigenvalue weighted by atomic mass is 9.95. The first-order valence-electron chi connectivity index (χ1n) is 11.1. The Labute approximate surface area is 184 Å². The van der Waals surface area contributed by atoms with Crippen LogP contribution in [-0.4, -0.2) is 55.6 Å². The quantitative estimate of drug-likeness (QED) is 0.754. The molecule has 6 nitrogen and oxygen atoms in total. The van der Waals surface area contributed by atoms with E-state index < -0.39 is 6.10 Å². The van der Waals surface area contributed by atoms with Crippen molar-refractivity contribution in [2.45, 2.75) is 51.9 Å². The summed E-state index contributed by atoms with van der Waals surface area (Å²) >= 11 is 0. The van der Waals surface area contributed by atoms with E-state index in [4.69, 9.17) is 18.9 Å². The molecule has 168 valence electrons. The van der Waals surface area contributed by atoms with E-state index in [1.54, 1.807) is 7.11 Å². The Hall–Kier alpha value is -2.44. The van der Waals surface area contributed by atoms with Crippen LogP contribution >= 0.6 is 0 Å². The standard InChI is InChI=1S/C25H33NO5/c1-16(2)19-13-18(17(3)12-24(19)28-4)14-26-9-8-21(20(27)15-26)31-23-7-5-6-22-25(23)30-11-10-29-22/h5-7,12-13,16,20-21,27H,8-11,14-15H2,1-4H3/t20-,21-/m1/s1. The zero-order valence-corrected chi connectivity index (χ0v) is 18.9. The third-order valence-electron chi connectivity index (χ3n) is 6.12. The lowest BCUT2D eigenvalue weighted by molar-refractivity contribution is -0.0290. The predicted octanol–water partition coefficient (Wildman–Crippen LogP) is 3.91. The monoisotopic (exact) mass is 427 g/mol. The Kier molecular flexibility index (Phi) is 6.58. The number of benzene rings is 2. The van der Waals surface area contributed by atoms with Gasteiger partial charge in [0.05, 0.1) is 7.11 Å². The molecule has 31 heavy (non-hydrogen) atoms. The van der Waals surface area contributed by atoms with Crippen LogP contribution in [0.25, 0.3) is 0 Å². The number of rotatable bonds is 6. The smallest absolute Gasteiger partial charge is 0.203 e. The van der Waals surface area contributed by atoms with E-state index in [0.29, 0.717) is 42.9 Å². The highest BCUT2D eigenvalue weighted by Crippen LogP contribution is 2.40. The number of fused-ring (bicyclic) bond motifs is 1. The Bertz CT molecular complexity index is 913. The van der Waals surface area contributed by atoms with Gasteiger partial charge in [0.2, 0.25) is 5.75 Å². The Morgan fingerprint density at radius 1 is 1.16 bits per heavy atom. The predicted molar refractivity (Wildman–Crippen MR) is 120 cm³/mol. The van der Waals surface area contributed by atoms with E-state index in [-0.39, 0.29) is 6.10 Å². The largest absolute Gasteiger partial charge is 0.496 e.